The Morgan fingerprint density at radius 1 is 1.03 bits per heavy atom. The Kier molecular flexibility index (Phi) is 8.55. The summed E-state index contributed by atoms with van der Waals surface area (Å²) >= 11 is 5.13. The molecule has 38 heavy (non-hydrogen) atoms. The molecule has 3 aromatic rings. The van der Waals surface area contributed by atoms with Gasteiger partial charge in [-0.25, -0.2) is 4.99 Å². The van der Waals surface area contributed by atoms with Crippen molar-refractivity contribution in [3.63, 3.8) is 0 Å². The highest BCUT2D eigenvalue weighted by molar-refractivity contribution is 9.10. The quantitative estimate of drug-likeness (QED) is 0.260. The molecule has 3 aromatic carbocycles. The van der Waals surface area contributed by atoms with Gasteiger partial charge in [-0.15, -0.1) is 0 Å². The van der Waals surface area contributed by atoms with E-state index in [0.717, 1.165) is 45.7 Å². The first-order valence-electron chi connectivity index (χ1n) is 12.9. The Balaban J connectivity index is 1.45. The van der Waals surface area contributed by atoms with Gasteiger partial charge in [-0.05, 0) is 72.0 Å². The van der Waals surface area contributed by atoms with Gasteiger partial charge in [0.05, 0.1) is 17.7 Å². The number of nitrogens with zero attached hydrogens (tertiary/aromatic N) is 2. The normalized spacial score (nSPS) is 21.8. The number of hydrogen-bond donors (Lipinski definition) is 0. The van der Waals surface area contributed by atoms with Crippen LogP contribution in [0.1, 0.15) is 43.7 Å². The Bertz CT molecular complexity index is 1340. The SMILES string of the molecule is COc1cc(/C=C2\SC(=Nc3ccccc3)N([C@H]3CCCC[C@H]3C)C2=O)c(Br)cc1OCc1ccccc1. The number of ether oxygens (including phenoxy) is 2. The van der Waals surface area contributed by atoms with Gasteiger partial charge in [0.2, 0.25) is 0 Å². The van der Waals surface area contributed by atoms with Crippen LogP contribution >= 0.6 is 27.7 Å². The van der Waals surface area contributed by atoms with E-state index in [4.69, 9.17) is 14.5 Å². The molecule has 0 spiro atoms. The molecule has 1 saturated heterocycles. The molecule has 7 heteroatoms. The van der Waals surface area contributed by atoms with Crippen molar-refractivity contribution in [1.29, 1.82) is 0 Å². The van der Waals surface area contributed by atoms with Crippen molar-refractivity contribution in [2.45, 2.75) is 45.3 Å². The number of methoxy groups -OCH3 is 1. The molecule has 1 aliphatic heterocycles. The van der Waals surface area contributed by atoms with Gasteiger partial charge in [0, 0.05) is 10.5 Å². The number of aliphatic imine (C=N–C) groups is 1. The minimum Gasteiger partial charge on any atom is -0.493 e. The topological polar surface area (TPSA) is 51.1 Å². The molecule has 196 valence electrons. The van der Waals surface area contributed by atoms with Crippen LogP contribution in [0.2, 0.25) is 0 Å². The Morgan fingerprint density at radius 3 is 2.45 bits per heavy atom. The van der Waals surface area contributed by atoms with Crippen molar-refractivity contribution in [2.75, 3.05) is 7.11 Å². The van der Waals surface area contributed by atoms with Crippen molar-refractivity contribution in [2.24, 2.45) is 10.9 Å². The highest BCUT2D eigenvalue weighted by atomic mass is 79.9. The van der Waals surface area contributed by atoms with Crippen molar-refractivity contribution >= 4 is 50.5 Å². The van der Waals surface area contributed by atoms with Crippen LogP contribution in [0.15, 0.2) is 87.2 Å². The predicted octanol–water partition coefficient (Wildman–Crippen LogP) is 8.22. The molecule has 2 fully saturated rings. The number of carbonyl (C=O) groups is 1. The van der Waals surface area contributed by atoms with Crippen LogP contribution in [0.4, 0.5) is 5.69 Å². The molecule has 0 bridgehead atoms. The van der Waals surface area contributed by atoms with Crippen LogP contribution in [0.25, 0.3) is 6.08 Å². The van der Waals surface area contributed by atoms with E-state index < -0.39 is 0 Å². The van der Waals surface area contributed by atoms with E-state index in [-0.39, 0.29) is 11.9 Å². The summed E-state index contributed by atoms with van der Waals surface area (Å²) in [6.45, 7) is 2.69. The number of thioether (sulfide) groups is 1. The van der Waals surface area contributed by atoms with Crippen molar-refractivity contribution in [1.82, 2.24) is 4.90 Å². The molecule has 2 atom stereocenters. The summed E-state index contributed by atoms with van der Waals surface area (Å²) < 4.78 is 12.5. The number of rotatable bonds is 7. The number of amides is 1. The standard InChI is InChI=1S/C31H31BrN2O3S/c1-21-11-9-10-16-26(21)34-30(35)29(38-31(34)33-24-14-7-4-8-15-24)18-23-17-27(36-2)28(19-25(23)32)37-20-22-12-5-3-6-13-22/h3-8,12-15,17-19,21,26H,9-11,16,20H2,1-2H3/b29-18-,33-31?/t21-,26+/m1/s1. The summed E-state index contributed by atoms with van der Waals surface area (Å²) in [7, 11) is 1.63. The number of carbonyl (C=O) groups excluding carboxylic acids is 1. The van der Waals surface area contributed by atoms with E-state index in [0.29, 0.717) is 28.9 Å². The second kappa shape index (κ2) is 12.2. The van der Waals surface area contributed by atoms with E-state index in [1.165, 1.54) is 18.2 Å². The van der Waals surface area contributed by atoms with Gasteiger partial charge < -0.3 is 9.47 Å². The zero-order valence-electron chi connectivity index (χ0n) is 21.6. The van der Waals surface area contributed by atoms with Crippen LogP contribution in [0, 0.1) is 5.92 Å². The lowest BCUT2D eigenvalue weighted by Crippen LogP contribution is -2.44. The zero-order chi connectivity index (χ0) is 26.5. The molecule has 0 unspecified atom stereocenters. The number of benzene rings is 3. The smallest absolute Gasteiger partial charge is 0.267 e. The monoisotopic (exact) mass is 590 g/mol. The summed E-state index contributed by atoms with van der Waals surface area (Å²) in [5.74, 6) is 1.70. The molecule has 1 heterocycles. The third-order valence-electron chi connectivity index (χ3n) is 7.02. The number of amidine groups is 1. The van der Waals surface area contributed by atoms with Crippen LogP contribution < -0.4 is 9.47 Å². The van der Waals surface area contributed by atoms with Crippen LogP contribution in [0.3, 0.4) is 0 Å². The first-order valence-corrected chi connectivity index (χ1v) is 14.6. The Morgan fingerprint density at radius 2 is 1.74 bits per heavy atom. The third-order valence-corrected chi connectivity index (χ3v) is 8.69. The van der Waals surface area contributed by atoms with E-state index in [9.17, 15) is 4.79 Å². The maximum Gasteiger partial charge on any atom is 0.267 e. The third kappa shape index (κ3) is 6.00. The summed E-state index contributed by atoms with van der Waals surface area (Å²) in [4.78, 5) is 21.3. The predicted molar refractivity (Wildman–Crippen MR) is 159 cm³/mol. The largest absolute Gasteiger partial charge is 0.493 e. The molecule has 0 N–H and O–H groups in total. The molecular weight excluding hydrogens is 560 g/mol. The van der Waals surface area contributed by atoms with E-state index >= 15 is 0 Å². The molecule has 1 amide bonds. The maximum atomic E-state index is 13.8. The number of para-hydroxylation sites is 1. The summed E-state index contributed by atoms with van der Waals surface area (Å²) in [5.41, 5.74) is 2.77. The minimum absolute atomic E-state index is 0.0127. The van der Waals surface area contributed by atoms with Crippen molar-refractivity contribution in [3.05, 3.63) is 93.3 Å². The fourth-order valence-electron chi connectivity index (χ4n) is 4.96. The average molecular weight is 592 g/mol. The second-order valence-corrected chi connectivity index (χ2v) is 11.5. The molecule has 1 aliphatic carbocycles. The van der Waals surface area contributed by atoms with Gasteiger partial charge in [0.15, 0.2) is 16.7 Å². The lowest BCUT2D eigenvalue weighted by atomic mass is 9.85. The highest BCUT2D eigenvalue weighted by Gasteiger charge is 2.41. The number of hydrogen-bond acceptors (Lipinski definition) is 5. The van der Waals surface area contributed by atoms with Crippen LogP contribution in [-0.4, -0.2) is 29.1 Å². The molecule has 0 radical (unpaired) electrons. The fraction of sp³-hybridized carbons (Fsp3) is 0.290. The molecule has 0 aromatic heterocycles. The molecule has 1 saturated carbocycles. The second-order valence-electron chi connectivity index (χ2n) is 9.64. The highest BCUT2D eigenvalue weighted by Crippen LogP contribution is 2.42. The Hall–Kier alpha value is -3.03. The van der Waals surface area contributed by atoms with E-state index in [1.54, 1.807) is 7.11 Å². The number of halogens is 1. The lowest BCUT2D eigenvalue weighted by Gasteiger charge is -2.35. The Labute approximate surface area is 237 Å². The van der Waals surface area contributed by atoms with Gasteiger partial charge in [0.1, 0.15) is 6.61 Å². The van der Waals surface area contributed by atoms with E-state index in [2.05, 4.69) is 22.9 Å². The first kappa shape index (κ1) is 26.6. The van der Waals surface area contributed by atoms with Gasteiger partial charge in [0.25, 0.3) is 5.91 Å². The molecule has 2 aliphatic rings. The van der Waals surface area contributed by atoms with Gasteiger partial charge in [-0.2, -0.15) is 0 Å². The summed E-state index contributed by atoms with van der Waals surface area (Å²) in [6.07, 6.45) is 6.40. The van der Waals surface area contributed by atoms with Crippen molar-refractivity contribution in [3.8, 4) is 11.5 Å². The summed E-state index contributed by atoms with van der Waals surface area (Å²) in [5, 5.41) is 0.747. The molecular formula is C31H31BrN2O3S. The maximum absolute atomic E-state index is 13.8. The lowest BCUT2D eigenvalue weighted by molar-refractivity contribution is -0.124. The minimum atomic E-state index is 0.0127. The van der Waals surface area contributed by atoms with Crippen LogP contribution in [0.5, 0.6) is 11.5 Å². The molecule has 5 rings (SSSR count). The van der Waals surface area contributed by atoms with E-state index in [1.807, 2.05) is 83.8 Å². The molecule has 5 nitrogen and oxygen atoms in total. The van der Waals surface area contributed by atoms with Crippen molar-refractivity contribution < 1.29 is 14.3 Å². The average Bonchev–Trinajstić information content (AvgIpc) is 3.24. The first-order chi connectivity index (χ1) is 18.5. The van der Waals surface area contributed by atoms with Gasteiger partial charge >= 0.3 is 0 Å². The fourth-order valence-corrected chi connectivity index (χ4v) is 6.43. The van der Waals surface area contributed by atoms with Gasteiger partial charge in [-0.3, -0.25) is 9.69 Å². The van der Waals surface area contributed by atoms with Crippen LogP contribution in [-0.2, 0) is 11.4 Å². The zero-order valence-corrected chi connectivity index (χ0v) is 24.0. The van der Waals surface area contributed by atoms with Gasteiger partial charge in [-0.1, -0.05) is 84.2 Å². The summed E-state index contributed by atoms with van der Waals surface area (Å²) in [6, 6.07) is 23.8.